The molecule has 0 aliphatic heterocycles. The fraction of sp³-hybridized carbons (Fsp3) is 0.233. The van der Waals surface area contributed by atoms with Gasteiger partial charge in [0.05, 0.1) is 18.0 Å². The molecule has 1 aromatic heterocycles. The third-order valence-electron chi connectivity index (χ3n) is 6.58. The Bertz CT molecular complexity index is 1360. The minimum atomic E-state index is -1.04. The number of aromatic nitrogens is 2. The van der Waals surface area contributed by atoms with Crippen LogP contribution in [0.2, 0.25) is 0 Å². The smallest absolute Gasteiger partial charge is 0.225 e. The average Bonchev–Trinajstić information content (AvgIpc) is 2.93. The quantitative estimate of drug-likeness (QED) is 0.338. The lowest BCUT2D eigenvalue weighted by Gasteiger charge is -2.23. The van der Waals surface area contributed by atoms with E-state index in [1.807, 2.05) is 66.7 Å². The highest BCUT2D eigenvalue weighted by Gasteiger charge is 2.26. The predicted octanol–water partition coefficient (Wildman–Crippen LogP) is 4.78. The number of nitrogens with zero attached hydrogens (tertiary/aromatic N) is 2. The number of nitrogens with one attached hydrogen (secondary N) is 1. The molecule has 182 valence electrons. The van der Waals surface area contributed by atoms with Gasteiger partial charge in [-0.1, -0.05) is 78.9 Å². The van der Waals surface area contributed by atoms with Crippen molar-refractivity contribution in [2.75, 3.05) is 5.32 Å². The van der Waals surface area contributed by atoms with Gasteiger partial charge in [0.15, 0.2) is 5.82 Å². The molecule has 6 heteroatoms. The SMILES string of the molecule is O=C(CCCc1ccccc1)Nc1nc2c(nc1C(O)c1ccccc1)-c1ccc(CO)cc1CC2. The second kappa shape index (κ2) is 10.8. The van der Waals surface area contributed by atoms with Gasteiger partial charge in [-0.15, -0.1) is 0 Å². The molecule has 0 bridgehead atoms. The Labute approximate surface area is 210 Å². The van der Waals surface area contributed by atoms with Gasteiger partial charge in [0.1, 0.15) is 11.8 Å². The van der Waals surface area contributed by atoms with Crippen molar-refractivity contribution < 1.29 is 15.0 Å². The van der Waals surface area contributed by atoms with Crippen molar-refractivity contribution in [3.63, 3.8) is 0 Å². The summed E-state index contributed by atoms with van der Waals surface area (Å²) >= 11 is 0. The van der Waals surface area contributed by atoms with Crippen LogP contribution in [0.5, 0.6) is 0 Å². The number of aryl methyl sites for hydroxylation is 3. The number of amides is 1. The Morgan fingerprint density at radius 3 is 2.42 bits per heavy atom. The van der Waals surface area contributed by atoms with Crippen LogP contribution in [-0.4, -0.2) is 26.1 Å². The summed E-state index contributed by atoms with van der Waals surface area (Å²) in [5.41, 5.74) is 6.62. The maximum Gasteiger partial charge on any atom is 0.225 e. The van der Waals surface area contributed by atoms with E-state index in [1.165, 1.54) is 5.56 Å². The fourth-order valence-electron chi connectivity index (χ4n) is 4.68. The summed E-state index contributed by atoms with van der Waals surface area (Å²) in [6, 6.07) is 25.2. The van der Waals surface area contributed by atoms with Crippen LogP contribution < -0.4 is 5.32 Å². The van der Waals surface area contributed by atoms with Crippen LogP contribution in [0.25, 0.3) is 11.3 Å². The van der Waals surface area contributed by atoms with Crippen LogP contribution in [0.4, 0.5) is 5.82 Å². The van der Waals surface area contributed by atoms with E-state index in [2.05, 4.69) is 17.4 Å². The topological polar surface area (TPSA) is 95.3 Å². The number of benzene rings is 3. The minimum absolute atomic E-state index is 0.0149. The molecular formula is C30H29N3O3. The van der Waals surface area contributed by atoms with Gasteiger partial charge in [-0.3, -0.25) is 4.79 Å². The number of anilines is 1. The summed E-state index contributed by atoms with van der Waals surface area (Å²) in [7, 11) is 0. The van der Waals surface area contributed by atoms with Gasteiger partial charge in [-0.05, 0) is 47.9 Å². The molecule has 0 fully saturated rings. The summed E-state index contributed by atoms with van der Waals surface area (Å²) in [6.07, 6.45) is 2.28. The molecule has 1 heterocycles. The molecule has 0 spiro atoms. The molecule has 3 aromatic carbocycles. The molecule has 3 N–H and O–H groups in total. The van der Waals surface area contributed by atoms with Crippen molar-refractivity contribution >= 4 is 11.7 Å². The Balaban J connectivity index is 1.44. The van der Waals surface area contributed by atoms with E-state index in [0.29, 0.717) is 42.0 Å². The van der Waals surface area contributed by atoms with E-state index in [1.54, 1.807) is 0 Å². The first-order valence-corrected chi connectivity index (χ1v) is 12.3. The van der Waals surface area contributed by atoms with Crippen molar-refractivity contribution in [1.29, 1.82) is 0 Å². The second-order valence-corrected chi connectivity index (χ2v) is 9.10. The van der Waals surface area contributed by atoms with Crippen molar-refractivity contribution in [3.8, 4) is 11.3 Å². The van der Waals surface area contributed by atoms with E-state index in [4.69, 9.17) is 9.97 Å². The first-order chi connectivity index (χ1) is 17.6. The zero-order valence-corrected chi connectivity index (χ0v) is 20.0. The number of hydrogen-bond acceptors (Lipinski definition) is 5. The Kier molecular flexibility index (Phi) is 7.16. The van der Waals surface area contributed by atoms with Gasteiger partial charge in [0.2, 0.25) is 5.91 Å². The van der Waals surface area contributed by atoms with Gasteiger partial charge in [0, 0.05) is 12.0 Å². The third kappa shape index (κ3) is 5.20. The van der Waals surface area contributed by atoms with E-state index in [-0.39, 0.29) is 12.5 Å². The van der Waals surface area contributed by atoms with Crippen LogP contribution in [0, 0.1) is 0 Å². The second-order valence-electron chi connectivity index (χ2n) is 9.10. The monoisotopic (exact) mass is 479 g/mol. The molecule has 0 radical (unpaired) electrons. The van der Waals surface area contributed by atoms with Crippen molar-refractivity contribution in [1.82, 2.24) is 9.97 Å². The largest absolute Gasteiger partial charge is 0.392 e. The van der Waals surface area contributed by atoms with E-state index >= 15 is 0 Å². The number of fused-ring (bicyclic) bond motifs is 3. The average molecular weight is 480 g/mol. The summed E-state index contributed by atoms with van der Waals surface area (Å²) in [6.45, 7) is -0.0149. The molecule has 1 aliphatic rings. The lowest BCUT2D eigenvalue weighted by molar-refractivity contribution is -0.116. The molecule has 1 aliphatic carbocycles. The maximum absolute atomic E-state index is 12.9. The first-order valence-electron chi connectivity index (χ1n) is 12.3. The van der Waals surface area contributed by atoms with Gasteiger partial charge < -0.3 is 15.5 Å². The molecule has 5 rings (SSSR count). The molecule has 1 amide bonds. The first kappa shape index (κ1) is 23.9. The summed E-state index contributed by atoms with van der Waals surface area (Å²) < 4.78 is 0. The van der Waals surface area contributed by atoms with Crippen molar-refractivity contribution in [2.45, 2.75) is 44.8 Å². The molecule has 1 unspecified atom stereocenters. The van der Waals surface area contributed by atoms with Crippen LogP contribution in [0.15, 0.2) is 78.9 Å². The number of rotatable bonds is 8. The number of aliphatic hydroxyl groups excluding tert-OH is 2. The van der Waals surface area contributed by atoms with E-state index < -0.39 is 6.10 Å². The lowest BCUT2D eigenvalue weighted by atomic mass is 9.90. The molecule has 6 nitrogen and oxygen atoms in total. The number of carbonyl (C=O) groups excluding carboxylic acids is 1. The maximum atomic E-state index is 12.9. The van der Waals surface area contributed by atoms with Gasteiger partial charge in [-0.2, -0.15) is 0 Å². The highest BCUT2D eigenvalue weighted by atomic mass is 16.3. The highest BCUT2D eigenvalue weighted by molar-refractivity contribution is 5.90. The predicted molar refractivity (Wildman–Crippen MR) is 139 cm³/mol. The Morgan fingerprint density at radius 2 is 1.67 bits per heavy atom. The molecule has 1 atom stereocenters. The number of carbonyl (C=O) groups is 1. The van der Waals surface area contributed by atoms with E-state index in [0.717, 1.165) is 35.2 Å². The van der Waals surface area contributed by atoms with Crippen molar-refractivity contribution in [3.05, 3.63) is 113 Å². The zero-order chi connectivity index (χ0) is 24.9. The number of aliphatic hydroxyl groups is 2. The van der Waals surface area contributed by atoms with Gasteiger partial charge in [0.25, 0.3) is 0 Å². The summed E-state index contributed by atoms with van der Waals surface area (Å²) in [4.78, 5) is 22.5. The van der Waals surface area contributed by atoms with E-state index in [9.17, 15) is 15.0 Å². The summed E-state index contributed by atoms with van der Waals surface area (Å²) in [5, 5.41) is 23.7. The molecule has 4 aromatic rings. The fourth-order valence-corrected chi connectivity index (χ4v) is 4.68. The minimum Gasteiger partial charge on any atom is -0.392 e. The number of hydrogen-bond donors (Lipinski definition) is 3. The van der Waals surface area contributed by atoms with Gasteiger partial charge in [-0.25, -0.2) is 9.97 Å². The summed E-state index contributed by atoms with van der Waals surface area (Å²) in [5.74, 6) is 0.163. The standard InChI is InChI=1S/C30H29N3O3/c34-19-21-14-16-24-23(18-21)15-17-25-27(24)33-28(29(36)22-11-5-2-6-12-22)30(31-25)32-26(35)13-7-10-20-8-3-1-4-9-20/h1-6,8-9,11-12,14,16,18,29,34,36H,7,10,13,15,17,19H2,(H,31,32,35). The van der Waals surface area contributed by atoms with Crippen LogP contribution in [0.1, 0.15) is 52.6 Å². The normalized spacial score (nSPS) is 12.9. The highest BCUT2D eigenvalue weighted by Crippen LogP contribution is 2.36. The zero-order valence-electron chi connectivity index (χ0n) is 20.0. The van der Waals surface area contributed by atoms with Crippen LogP contribution in [-0.2, 0) is 30.7 Å². The third-order valence-corrected chi connectivity index (χ3v) is 6.58. The van der Waals surface area contributed by atoms with Gasteiger partial charge >= 0.3 is 0 Å². The molecule has 0 saturated carbocycles. The van der Waals surface area contributed by atoms with Crippen molar-refractivity contribution in [2.24, 2.45) is 0 Å². The molecule has 0 saturated heterocycles. The van der Waals surface area contributed by atoms with Crippen LogP contribution in [0.3, 0.4) is 0 Å². The lowest BCUT2D eigenvalue weighted by Crippen LogP contribution is -2.20. The Morgan fingerprint density at radius 1 is 0.917 bits per heavy atom. The van der Waals surface area contributed by atoms with Crippen LogP contribution >= 0.6 is 0 Å². The molecular weight excluding hydrogens is 450 g/mol. The Hall–Kier alpha value is -3.87. The molecule has 36 heavy (non-hydrogen) atoms.